The number of methoxy groups -OCH3 is 1. The zero-order chi connectivity index (χ0) is 26.4. The van der Waals surface area contributed by atoms with Gasteiger partial charge < -0.3 is 18.7 Å². The Morgan fingerprint density at radius 1 is 1.18 bits per heavy atom. The zero-order valence-corrected chi connectivity index (χ0v) is 22.0. The Kier molecular flexibility index (Phi) is 9.88. The smallest absolute Gasteiger partial charge is 0.397 e. The summed E-state index contributed by atoms with van der Waals surface area (Å²) < 4.78 is 15.6. The van der Waals surface area contributed by atoms with E-state index in [0.717, 1.165) is 14.2 Å². The third-order valence-electron chi connectivity index (χ3n) is 6.01. The molecule has 0 radical (unpaired) electrons. The summed E-state index contributed by atoms with van der Waals surface area (Å²) in [7, 11) is -0.108. The average molecular weight is 499 g/mol. The molecule has 34 heavy (non-hydrogen) atoms. The fourth-order valence-electron chi connectivity index (χ4n) is 3.24. The number of likely N-dealkylation sites (tertiary alicyclic amines) is 1. The van der Waals surface area contributed by atoms with E-state index in [9.17, 15) is 24.0 Å². The van der Waals surface area contributed by atoms with E-state index in [1.807, 2.05) is 33.9 Å². The van der Waals surface area contributed by atoms with Crippen LogP contribution in [0.4, 0.5) is 0 Å². The van der Waals surface area contributed by atoms with Crippen LogP contribution in [0.2, 0.25) is 18.1 Å². The number of amides is 2. The normalized spacial score (nSPS) is 19.6. The first kappa shape index (κ1) is 29.2. The zero-order valence-electron chi connectivity index (χ0n) is 21.0. The number of ketones is 1. The number of hydrogen-bond donors (Lipinski definition) is 0. The van der Waals surface area contributed by atoms with Gasteiger partial charge in [0, 0.05) is 6.42 Å². The molecular formula is C22H34N2O9Si. The van der Waals surface area contributed by atoms with Gasteiger partial charge in [0.25, 0.3) is 0 Å². The summed E-state index contributed by atoms with van der Waals surface area (Å²) in [6.45, 7) is 15.0. The van der Waals surface area contributed by atoms with E-state index in [1.54, 1.807) is 6.92 Å². The van der Waals surface area contributed by atoms with Crippen molar-refractivity contribution >= 4 is 43.6 Å². The summed E-state index contributed by atoms with van der Waals surface area (Å²) in [6, 6.07) is -1.06. The molecule has 1 heterocycles. The molecule has 0 aromatic carbocycles. The number of carbonyl (C=O) groups is 5. The van der Waals surface area contributed by atoms with Gasteiger partial charge in [-0.3, -0.25) is 19.3 Å². The van der Waals surface area contributed by atoms with E-state index in [1.165, 1.54) is 6.08 Å². The second kappa shape index (κ2) is 11.5. The molecule has 0 saturated carbocycles. The molecule has 1 aliphatic heterocycles. The van der Waals surface area contributed by atoms with Gasteiger partial charge >= 0.3 is 17.8 Å². The van der Waals surface area contributed by atoms with Crippen LogP contribution in [0, 0.1) is 5.92 Å². The molecule has 0 aromatic rings. The van der Waals surface area contributed by atoms with Crippen LogP contribution in [0.25, 0.3) is 0 Å². The highest BCUT2D eigenvalue weighted by molar-refractivity contribution is 6.74. The highest BCUT2D eigenvalue weighted by atomic mass is 28.4. The lowest BCUT2D eigenvalue weighted by Crippen LogP contribution is -2.69. The summed E-state index contributed by atoms with van der Waals surface area (Å²) in [5.41, 5.74) is -0.636. The molecule has 0 aromatic heterocycles. The van der Waals surface area contributed by atoms with Gasteiger partial charge in [-0.25, -0.2) is 9.59 Å². The molecule has 0 N–H and O–H groups in total. The van der Waals surface area contributed by atoms with Crippen LogP contribution in [0.3, 0.4) is 0 Å². The van der Waals surface area contributed by atoms with E-state index in [-0.39, 0.29) is 11.6 Å². The monoisotopic (exact) mass is 498 g/mol. The predicted molar refractivity (Wildman–Crippen MR) is 124 cm³/mol. The van der Waals surface area contributed by atoms with Gasteiger partial charge in [-0.05, 0) is 25.1 Å². The Morgan fingerprint density at radius 3 is 2.24 bits per heavy atom. The minimum atomic E-state index is -2.32. The SMILES string of the molecule is C=CCOC(=O)C(=O)N1C(=O)[C@H]([C@@H](C)O[Si](C)(C)C(C)(C)C)[C@H]1CC(=O)/C(=N/OC)C(=O)OC. The largest absolute Gasteiger partial charge is 0.464 e. The van der Waals surface area contributed by atoms with Crippen LogP contribution >= 0.6 is 0 Å². The Labute approximate surface area is 200 Å². The van der Waals surface area contributed by atoms with Crippen molar-refractivity contribution in [2.24, 2.45) is 11.1 Å². The summed E-state index contributed by atoms with van der Waals surface area (Å²) in [5.74, 6) is -5.93. The molecule has 1 saturated heterocycles. The summed E-state index contributed by atoms with van der Waals surface area (Å²) >= 11 is 0. The summed E-state index contributed by atoms with van der Waals surface area (Å²) in [5, 5.41) is 3.25. The van der Waals surface area contributed by atoms with Crippen molar-refractivity contribution in [3.63, 3.8) is 0 Å². The average Bonchev–Trinajstić information content (AvgIpc) is 2.73. The first-order valence-corrected chi connectivity index (χ1v) is 13.6. The maximum atomic E-state index is 13.0. The molecule has 190 valence electrons. The van der Waals surface area contributed by atoms with E-state index in [0.29, 0.717) is 4.90 Å². The summed E-state index contributed by atoms with van der Waals surface area (Å²) in [4.78, 5) is 67.7. The van der Waals surface area contributed by atoms with Crippen LogP contribution < -0.4 is 0 Å². The van der Waals surface area contributed by atoms with Gasteiger partial charge in [0.2, 0.25) is 11.6 Å². The molecule has 1 fully saturated rings. The Balaban J connectivity index is 3.28. The first-order chi connectivity index (χ1) is 15.6. The number of imide groups is 1. The van der Waals surface area contributed by atoms with Gasteiger partial charge in [-0.1, -0.05) is 38.6 Å². The lowest BCUT2D eigenvalue weighted by Gasteiger charge is -2.49. The van der Waals surface area contributed by atoms with Crippen LogP contribution in [0.1, 0.15) is 34.1 Å². The molecule has 1 rings (SSSR count). The number of β-lactam (4-membered cyclic amide) rings is 1. The Hall–Kier alpha value is -2.86. The van der Waals surface area contributed by atoms with Crippen molar-refractivity contribution < 1.29 is 42.7 Å². The van der Waals surface area contributed by atoms with E-state index < -0.39 is 68.0 Å². The number of ether oxygens (including phenoxy) is 2. The minimum Gasteiger partial charge on any atom is -0.464 e. The number of oxime groups is 1. The molecule has 0 spiro atoms. The quantitative estimate of drug-likeness (QED) is 0.0642. The molecule has 0 unspecified atom stereocenters. The molecule has 0 bridgehead atoms. The van der Waals surface area contributed by atoms with Crippen LogP contribution in [0.15, 0.2) is 17.8 Å². The fourth-order valence-corrected chi connectivity index (χ4v) is 4.67. The lowest BCUT2D eigenvalue weighted by atomic mass is 9.80. The van der Waals surface area contributed by atoms with E-state index in [4.69, 9.17) is 9.16 Å². The van der Waals surface area contributed by atoms with E-state index >= 15 is 0 Å². The number of hydrogen-bond acceptors (Lipinski definition) is 10. The van der Waals surface area contributed by atoms with Crippen molar-refractivity contribution in [3.8, 4) is 0 Å². The highest BCUT2D eigenvalue weighted by Crippen LogP contribution is 2.41. The maximum Gasteiger partial charge on any atom is 0.397 e. The molecule has 0 aliphatic carbocycles. The number of rotatable bonds is 10. The second-order valence-electron chi connectivity index (χ2n) is 9.32. The number of Topliss-reactive ketones (excluding diaryl/α,β-unsaturated/α-hetero) is 1. The van der Waals surface area contributed by atoms with Gasteiger partial charge in [0.15, 0.2) is 14.1 Å². The molecule has 2 amide bonds. The lowest BCUT2D eigenvalue weighted by molar-refractivity contribution is -0.179. The van der Waals surface area contributed by atoms with Gasteiger partial charge in [-0.15, -0.1) is 0 Å². The third kappa shape index (κ3) is 6.38. The van der Waals surface area contributed by atoms with Crippen molar-refractivity contribution in [1.29, 1.82) is 0 Å². The Bertz CT molecular complexity index is 876. The van der Waals surface area contributed by atoms with Crippen molar-refractivity contribution in [3.05, 3.63) is 12.7 Å². The van der Waals surface area contributed by atoms with Crippen molar-refractivity contribution in [2.45, 2.75) is 64.4 Å². The van der Waals surface area contributed by atoms with Crippen molar-refractivity contribution in [2.75, 3.05) is 20.8 Å². The number of esters is 2. The predicted octanol–water partition coefficient (Wildman–Crippen LogP) is 1.61. The third-order valence-corrected chi connectivity index (χ3v) is 10.6. The molecule has 11 nitrogen and oxygen atoms in total. The first-order valence-electron chi connectivity index (χ1n) is 10.7. The minimum absolute atomic E-state index is 0.160. The molecule has 12 heteroatoms. The molecular weight excluding hydrogens is 464 g/mol. The van der Waals surface area contributed by atoms with Crippen molar-refractivity contribution in [1.82, 2.24) is 4.90 Å². The van der Waals surface area contributed by atoms with Crippen LogP contribution in [0.5, 0.6) is 0 Å². The number of carbonyl (C=O) groups excluding carboxylic acids is 5. The summed E-state index contributed by atoms with van der Waals surface area (Å²) in [6.07, 6.45) is 0.117. The Morgan fingerprint density at radius 2 is 1.76 bits per heavy atom. The fraction of sp³-hybridized carbons (Fsp3) is 0.636. The van der Waals surface area contributed by atoms with Gasteiger partial charge in [0.05, 0.1) is 25.2 Å². The van der Waals surface area contributed by atoms with Crippen LogP contribution in [-0.4, -0.2) is 81.4 Å². The second-order valence-corrected chi connectivity index (χ2v) is 14.1. The van der Waals surface area contributed by atoms with E-state index in [2.05, 4.69) is 21.3 Å². The standard InChI is InChI=1S/C22H34N2O9Si/c1-10-11-32-21(29)19(27)24-14(12-15(25)17(23-31-7)20(28)30-6)16(18(24)26)13(2)33-34(8,9)22(3,4)5/h10,13-14,16H,1,11-12H2,2-9H3/b23-17-/t13-,14-,16-/m1/s1. The molecule has 1 aliphatic rings. The highest BCUT2D eigenvalue weighted by Gasteiger charge is 2.57. The maximum absolute atomic E-state index is 13.0. The van der Waals surface area contributed by atoms with Gasteiger partial charge in [-0.2, -0.15) is 0 Å². The van der Waals surface area contributed by atoms with Gasteiger partial charge in [0.1, 0.15) is 13.7 Å². The molecule has 3 atom stereocenters. The number of nitrogens with zero attached hydrogens (tertiary/aromatic N) is 2. The van der Waals surface area contributed by atoms with Crippen LogP contribution in [-0.2, 0) is 42.7 Å². The topological polar surface area (TPSA) is 138 Å².